The van der Waals surface area contributed by atoms with Gasteiger partial charge in [0.1, 0.15) is 0 Å². The Morgan fingerprint density at radius 2 is 1.42 bits per heavy atom. The maximum atomic E-state index is 3.42. The Hall–Kier alpha value is -4.30. The molecule has 33 heavy (non-hydrogen) atoms. The van der Waals surface area contributed by atoms with Gasteiger partial charge >= 0.3 is 0 Å². The van der Waals surface area contributed by atoms with Gasteiger partial charge in [0, 0.05) is 28.4 Å². The minimum Gasteiger partial charge on any atom is -0.387 e. The van der Waals surface area contributed by atoms with Gasteiger partial charge in [-0.3, -0.25) is 0 Å². The summed E-state index contributed by atoms with van der Waals surface area (Å²) in [4.78, 5) is 0. The van der Waals surface area contributed by atoms with E-state index in [9.17, 15) is 0 Å². The lowest BCUT2D eigenvalue weighted by atomic mass is 9.95. The zero-order valence-corrected chi connectivity index (χ0v) is 18.0. The highest BCUT2D eigenvalue weighted by molar-refractivity contribution is 6.21. The Morgan fingerprint density at radius 3 is 2.33 bits per heavy atom. The van der Waals surface area contributed by atoms with Crippen molar-refractivity contribution in [2.45, 2.75) is 6.54 Å². The number of rotatable bonds is 1. The van der Waals surface area contributed by atoms with Crippen molar-refractivity contribution < 1.29 is 0 Å². The Labute approximate surface area is 191 Å². The molecule has 0 unspecified atom stereocenters. The summed E-state index contributed by atoms with van der Waals surface area (Å²) in [6.45, 7) is 0.849. The van der Waals surface area contributed by atoms with Gasteiger partial charge in [-0.2, -0.15) is 0 Å². The Kier molecular flexibility index (Phi) is 3.22. The highest BCUT2D eigenvalue weighted by atomic mass is 15.0. The van der Waals surface area contributed by atoms with Crippen molar-refractivity contribution in [3.8, 4) is 27.9 Å². The molecule has 0 fully saturated rings. The predicted octanol–water partition coefficient (Wildman–Crippen LogP) is 7.66. The fraction of sp³-hybridized carbons (Fsp3) is 0.0323. The van der Waals surface area contributed by atoms with Crippen molar-refractivity contribution in [1.82, 2.24) is 9.88 Å². The highest BCUT2D eigenvalue weighted by Crippen LogP contribution is 2.52. The third-order valence-electron chi connectivity index (χ3n) is 7.37. The molecule has 0 spiro atoms. The summed E-state index contributed by atoms with van der Waals surface area (Å²) in [5.74, 6) is 0. The van der Waals surface area contributed by atoms with Crippen LogP contribution in [-0.2, 0) is 6.54 Å². The van der Waals surface area contributed by atoms with Crippen LogP contribution in [0.15, 0.2) is 97.2 Å². The van der Waals surface area contributed by atoms with E-state index in [-0.39, 0.29) is 0 Å². The van der Waals surface area contributed by atoms with Crippen LogP contribution in [0.4, 0.5) is 0 Å². The fourth-order valence-electron chi connectivity index (χ4n) is 6.05. The average molecular weight is 421 g/mol. The molecule has 0 radical (unpaired) electrons. The smallest absolute Gasteiger partial charge is 0.0625 e. The summed E-state index contributed by atoms with van der Waals surface area (Å²) in [6.07, 6.45) is 4.31. The number of nitrogens with one attached hydrogen (secondary N) is 1. The largest absolute Gasteiger partial charge is 0.387 e. The number of hydrogen-bond acceptors (Lipinski definition) is 1. The van der Waals surface area contributed by atoms with Gasteiger partial charge in [-0.25, -0.2) is 0 Å². The van der Waals surface area contributed by atoms with Crippen LogP contribution in [0.3, 0.4) is 0 Å². The molecule has 8 rings (SSSR count). The van der Waals surface area contributed by atoms with Crippen LogP contribution >= 0.6 is 0 Å². The molecular formula is C31H20N2. The lowest BCUT2D eigenvalue weighted by Gasteiger charge is -2.19. The SMILES string of the molecule is C1=Cc2c(c3ccccc3n2-c2c3c(cc4ccccc24)-c2cccc4cccc-3c24)CN1. The van der Waals surface area contributed by atoms with E-state index >= 15 is 0 Å². The molecule has 0 saturated carbocycles. The maximum Gasteiger partial charge on any atom is 0.0625 e. The van der Waals surface area contributed by atoms with E-state index < -0.39 is 0 Å². The lowest BCUT2D eigenvalue weighted by Crippen LogP contribution is -2.11. The summed E-state index contributed by atoms with van der Waals surface area (Å²) in [7, 11) is 0. The van der Waals surface area contributed by atoms with Gasteiger partial charge < -0.3 is 9.88 Å². The first-order chi connectivity index (χ1) is 16.4. The van der Waals surface area contributed by atoms with E-state index in [0.29, 0.717) is 0 Å². The summed E-state index contributed by atoms with van der Waals surface area (Å²) < 4.78 is 2.51. The Balaban J connectivity index is 1.64. The molecule has 0 atom stereocenters. The molecule has 0 saturated heterocycles. The number of hydrogen-bond donors (Lipinski definition) is 1. The van der Waals surface area contributed by atoms with Gasteiger partial charge in [0.25, 0.3) is 0 Å². The van der Waals surface area contributed by atoms with Crippen LogP contribution in [0.2, 0.25) is 0 Å². The fourth-order valence-corrected chi connectivity index (χ4v) is 6.05. The first-order valence-corrected chi connectivity index (χ1v) is 11.5. The molecule has 1 aromatic heterocycles. The third kappa shape index (κ3) is 2.13. The van der Waals surface area contributed by atoms with Crippen LogP contribution < -0.4 is 5.32 Å². The summed E-state index contributed by atoms with van der Waals surface area (Å²) in [5, 5.41) is 9.98. The van der Waals surface area contributed by atoms with E-state index in [1.165, 1.54) is 71.6 Å². The van der Waals surface area contributed by atoms with Crippen molar-refractivity contribution in [2.75, 3.05) is 0 Å². The normalized spacial score (nSPS) is 13.5. The second-order valence-corrected chi connectivity index (χ2v) is 9.01. The molecule has 2 heterocycles. The monoisotopic (exact) mass is 420 g/mol. The lowest BCUT2D eigenvalue weighted by molar-refractivity contribution is 0.856. The maximum absolute atomic E-state index is 3.42. The summed E-state index contributed by atoms with van der Waals surface area (Å²) in [6, 6.07) is 33.5. The molecular weight excluding hydrogens is 400 g/mol. The van der Waals surface area contributed by atoms with Crippen molar-refractivity contribution in [1.29, 1.82) is 0 Å². The second kappa shape index (κ2) is 6.14. The van der Waals surface area contributed by atoms with Gasteiger partial charge in [0.2, 0.25) is 0 Å². The highest BCUT2D eigenvalue weighted by Gasteiger charge is 2.29. The van der Waals surface area contributed by atoms with Gasteiger partial charge in [-0.1, -0.05) is 78.9 Å². The molecule has 2 nitrogen and oxygen atoms in total. The van der Waals surface area contributed by atoms with E-state index in [1.807, 2.05) is 0 Å². The number of nitrogens with zero attached hydrogens (tertiary/aromatic N) is 1. The van der Waals surface area contributed by atoms with Crippen molar-refractivity contribution in [3.63, 3.8) is 0 Å². The van der Waals surface area contributed by atoms with Gasteiger partial charge in [0.05, 0.1) is 16.9 Å². The molecule has 1 aliphatic heterocycles. The minimum atomic E-state index is 0.849. The molecule has 5 aromatic carbocycles. The molecule has 2 heteroatoms. The molecule has 1 N–H and O–H groups in total. The topological polar surface area (TPSA) is 17.0 Å². The van der Waals surface area contributed by atoms with Crippen molar-refractivity contribution in [2.24, 2.45) is 0 Å². The van der Waals surface area contributed by atoms with Crippen molar-refractivity contribution in [3.05, 3.63) is 108 Å². The Bertz CT molecular complexity index is 1810. The molecule has 2 aliphatic rings. The first kappa shape index (κ1) is 17.3. The van der Waals surface area contributed by atoms with Gasteiger partial charge in [0.15, 0.2) is 0 Å². The molecule has 1 aliphatic carbocycles. The van der Waals surface area contributed by atoms with Crippen molar-refractivity contribution >= 4 is 38.5 Å². The second-order valence-electron chi connectivity index (χ2n) is 9.01. The van der Waals surface area contributed by atoms with Crippen LogP contribution in [0, 0.1) is 0 Å². The van der Waals surface area contributed by atoms with E-state index in [1.54, 1.807) is 0 Å². The van der Waals surface area contributed by atoms with Crippen LogP contribution in [-0.4, -0.2) is 4.57 Å². The number of aromatic nitrogens is 1. The van der Waals surface area contributed by atoms with Gasteiger partial charge in [-0.15, -0.1) is 0 Å². The first-order valence-electron chi connectivity index (χ1n) is 11.5. The summed E-state index contributed by atoms with van der Waals surface area (Å²) in [5.41, 5.74) is 10.5. The average Bonchev–Trinajstić information content (AvgIpc) is 3.38. The van der Waals surface area contributed by atoms with E-state index in [0.717, 1.165) is 6.54 Å². The molecule has 154 valence electrons. The van der Waals surface area contributed by atoms with Crippen LogP contribution in [0.25, 0.3) is 66.5 Å². The van der Waals surface area contributed by atoms with E-state index in [2.05, 4.69) is 113 Å². The number of fused-ring (bicyclic) bond motifs is 7. The Morgan fingerprint density at radius 1 is 0.667 bits per heavy atom. The quantitative estimate of drug-likeness (QED) is 0.288. The zero-order chi connectivity index (χ0) is 21.5. The zero-order valence-electron chi connectivity index (χ0n) is 18.0. The van der Waals surface area contributed by atoms with Crippen LogP contribution in [0.5, 0.6) is 0 Å². The summed E-state index contributed by atoms with van der Waals surface area (Å²) >= 11 is 0. The predicted molar refractivity (Wildman–Crippen MR) is 139 cm³/mol. The molecule has 0 amide bonds. The van der Waals surface area contributed by atoms with Crippen LogP contribution in [0.1, 0.15) is 11.3 Å². The number of para-hydroxylation sites is 1. The standard InChI is InChI=1S/C31H20N2/c1-2-10-21-20(7-1)17-25-23-12-5-8-19-9-6-13-24(29(19)23)30(25)31(21)33-27-14-4-3-11-22(27)26-18-32-16-15-28(26)33/h1-17,32H,18H2. The molecule has 6 aromatic rings. The molecule has 0 bridgehead atoms. The minimum absolute atomic E-state index is 0.849. The van der Waals surface area contributed by atoms with Gasteiger partial charge in [-0.05, 0) is 57.3 Å². The van der Waals surface area contributed by atoms with E-state index in [4.69, 9.17) is 0 Å². The number of benzene rings is 5. The third-order valence-corrected chi connectivity index (χ3v) is 7.37.